The maximum Gasteiger partial charge on any atom is 0.336 e. The number of ether oxygens (including phenoxy) is 1. The number of fused-ring (bicyclic) bond motifs is 6. The van der Waals surface area contributed by atoms with Gasteiger partial charge in [0.1, 0.15) is 11.3 Å². The molecule has 1 aliphatic rings. The van der Waals surface area contributed by atoms with Crippen LogP contribution in [-0.4, -0.2) is 11.3 Å². The first-order valence-corrected chi connectivity index (χ1v) is 12.2. The molecular weight excluding hydrogens is 448 g/mol. The highest BCUT2D eigenvalue weighted by Crippen LogP contribution is 2.38. The molecule has 5 heteroatoms. The van der Waals surface area contributed by atoms with Crippen LogP contribution in [0.1, 0.15) is 12.5 Å². The second kappa shape index (κ2) is 8.02. The lowest BCUT2D eigenvalue weighted by Gasteiger charge is -2.31. The van der Waals surface area contributed by atoms with Crippen molar-refractivity contribution in [3.05, 3.63) is 107 Å². The van der Waals surface area contributed by atoms with Gasteiger partial charge in [-0.05, 0) is 54.4 Å². The third-order valence-electron chi connectivity index (χ3n) is 7.22. The fourth-order valence-corrected chi connectivity index (χ4v) is 5.53. The number of hydrogen-bond acceptors (Lipinski definition) is 4. The molecule has 4 aromatic carbocycles. The van der Waals surface area contributed by atoms with Gasteiger partial charge in [0.25, 0.3) is 0 Å². The molecule has 0 saturated heterocycles. The summed E-state index contributed by atoms with van der Waals surface area (Å²) in [5.74, 6) is 0.760. The molecule has 0 unspecified atom stereocenters. The van der Waals surface area contributed by atoms with E-state index in [0.29, 0.717) is 18.9 Å². The smallest absolute Gasteiger partial charge is 0.336 e. The van der Waals surface area contributed by atoms with Gasteiger partial charge < -0.3 is 18.6 Å². The van der Waals surface area contributed by atoms with Crippen molar-refractivity contribution in [1.29, 1.82) is 0 Å². The van der Waals surface area contributed by atoms with Gasteiger partial charge in [-0.3, -0.25) is 0 Å². The normalized spacial score (nSPS) is 13.3. The Balaban J connectivity index is 1.36. The summed E-state index contributed by atoms with van der Waals surface area (Å²) in [6.07, 6.45) is 0. The SMILES string of the molecule is CCn1c2ccccc2c2cc(N3COc4ccc5c(-c6ccccc6)cc(=O)oc5c4C3)ccc21. The van der Waals surface area contributed by atoms with E-state index in [2.05, 4.69) is 58.9 Å². The summed E-state index contributed by atoms with van der Waals surface area (Å²) in [4.78, 5) is 14.8. The van der Waals surface area contributed by atoms with Gasteiger partial charge >= 0.3 is 5.63 Å². The molecule has 0 atom stereocenters. The highest BCUT2D eigenvalue weighted by atomic mass is 16.5. The second-order valence-corrected chi connectivity index (χ2v) is 9.20. The molecule has 7 rings (SSSR count). The predicted molar refractivity (Wildman–Crippen MR) is 145 cm³/mol. The lowest BCUT2D eigenvalue weighted by molar-refractivity contribution is 0.289. The Morgan fingerprint density at radius 2 is 1.61 bits per heavy atom. The number of aromatic nitrogens is 1. The summed E-state index contributed by atoms with van der Waals surface area (Å²) in [5, 5.41) is 3.39. The first kappa shape index (κ1) is 20.8. The molecule has 0 N–H and O–H groups in total. The quantitative estimate of drug-likeness (QED) is 0.262. The number of para-hydroxylation sites is 1. The number of anilines is 1. The van der Waals surface area contributed by atoms with Gasteiger partial charge in [-0.25, -0.2) is 4.79 Å². The van der Waals surface area contributed by atoms with Gasteiger partial charge in [0.15, 0.2) is 6.73 Å². The monoisotopic (exact) mass is 472 g/mol. The molecular formula is C31H24N2O3. The number of hydrogen-bond donors (Lipinski definition) is 0. The predicted octanol–water partition coefficient (Wildman–Crippen LogP) is 6.94. The van der Waals surface area contributed by atoms with Crippen LogP contribution in [-0.2, 0) is 13.1 Å². The fraction of sp³-hybridized carbons (Fsp3) is 0.129. The van der Waals surface area contributed by atoms with Crippen molar-refractivity contribution in [2.24, 2.45) is 0 Å². The number of rotatable bonds is 3. The Kier molecular flexibility index (Phi) is 4.64. The van der Waals surface area contributed by atoms with E-state index in [9.17, 15) is 4.79 Å². The minimum Gasteiger partial charge on any atom is -0.473 e. The van der Waals surface area contributed by atoms with Gasteiger partial charge in [0, 0.05) is 45.5 Å². The lowest BCUT2D eigenvalue weighted by Crippen LogP contribution is -2.32. The van der Waals surface area contributed by atoms with Crippen LogP contribution in [0.25, 0.3) is 43.9 Å². The highest BCUT2D eigenvalue weighted by Gasteiger charge is 2.24. The van der Waals surface area contributed by atoms with E-state index in [1.165, 1.54) is 21.8 Å². The first-order chi connectivity index (χ1) is 17.7. The van der Waals surface area contributed by atoms with Crippen molar-refractivity contribution >= 4 is 38.5 Å². The Morgan fingerprint density at radius 3 is 2.47 bits per heavy atom. The van der Waals surface area contributed by atoms with Crippen LogP contribution < -0.4 is 15.3 Å². The summed E-state index contributed by atoms with van der Waals surface area (Å²) in [5.41, 5.74) is 6.53. The fourth-order valence-electron chi connectivity index (χ4n) is 5.53. The van der Waals surface area contributed by atoms with Gasteiger partial charge in [0.2, 0.25) is 0 Å². The van der Waals surface area contributed by atoms with Crippen LogP contribution >= 0.6 is 0 Å². The van der Waals surface area contributed by atoms with E-state index < -0.39 is 0 Å². The summed E-state index contributed by atoms with van der Waals surface area (Å²) in [6, 6.07) is 30.6. The minimum atomic E-state index is -0.360. The molecule has 0 aliphatic carbocycles. The van der Waals surface area contributed by atoms with Crippen LogP contribution in [0.4, 0.5) is 5.69 Å². The maximum absolute atomic E-state index is 12.6. The largest absolute Gasteiger partial charge is 0.473 e. The zero-order chi connectivity index (χ0) is 24.2. The van der Waals surface area contributed by atoms with E-state index >= 15 is 0 Å². The number of aryl methyl sites for hydroxylation is 1. The van der Waals surface area contributed by atoms with Crippen LogP contribution in [0.3, 0.4) is 0 Å². The molecule has 0 radical (unpaired) electrons. The summed E-state index contributed by atoms with van der Waals surface area (Å²) in [6.45, 7) is 4.11. The molecule has 1 aliphatic heterocycles. The van der Waals surface area contributed by atoms with Crippen molar-refractivity contribution in [1.82, 2.24) is 4.57 Å². The molecule has 2 aromatic heterocycles. The Morgan fingerprint density at radius 1 is 0.806 bits per heavy atom. The van der Waals surface area contributed by atoms with E-state index in [0.717, 1.165) is 40.1 Å². The second-order valence-electron chi connectivity index (χ2n) is 9.20. The molecule has 0 spiro atoms. The average molecular weight is 473 g/mol. The standard InChI is InChI=1S/C31H24N2O3/c1-2-33-27-11-7-6-10-22(27)25-16-21(12-14-28(25)33)32-18-26-29(35-19-32)15-13-23-24(17-30(34)36-31(23)26)20-8-4-3-5-9-20/h3-17H,2,18-19H2,1H3. The third kappa shape index (κ3) is 3.13. The Labute approximate surface area is 207 Å². The first-order valence-electron chi connectivity index (χ1n) is 12.2. The molecule has 176 valence electrons. The van der Waals surface area contributed by atoms with Crippen molar-refractivity contribution in [2.75, 3.05) is 11.6 Å². The van der Waals surface area contributed by atoms with Crippen LogP contribution in [0.2, 0.25) is 0 Å². The van der Waals surface area contributed by atoms with Crippen LogP contribution in [0.5, 0.6) is 5.75 Å². The molecule has 3 heterocycles. The lowest BCUT2D eigenvalue weighted by atomic mass is 9.99. The van der Waals surface area contributed by atoms with Crippen molar-refractivity contribution < 1.29 is 9.15 Å². The molecule has 0 fully saturated rings. The third-order valence-corrected chi connectivity index (χ3v) is 7.22. The summed E-state index contributed by atoms with van der Waals surface area (Å²) < 4.78 is 14.3. The number of nitrogens with zero attached hydrogens (tertiary/aromatic N) is 2. The molecule has 5 nitrogen and oxygen atoms in total. The number of benzene rings is 4. The van der Waals surface area contributed by atoms with Gasteiger partial charge in [-0.2, -0.15) is 0 Å². The van der Waals surface area contributed by atoms with E-state index in [-0.39, 0.29) is 5.63 Å². The zero-order valence-corrected chi connectivity index (χ0v) is 19.9. The zero-order valence-electron chi connectivity index (χ0n) is 19.9. The maximum atomic E-state index is 12.6. The van der Waals surface area contributed by atoms with E-state index in [4.69, 9.17) is 9.15 Å². The molecule has 36 heavy (non-hydrogen) atoms. The van der Waals surface area contributed by atoms with Gasteiger partial charge in [-0.15, -0.1) is 0 Å². The van der Waals surface area contributed by atoms with Gasteiger partial charge in [0.05, 0.1) is 12.1 Å². The molecule has 0 amide bonds. The van der Waals surface area contributed by atoms with Crippen LogP contribution in [0, 0.1) is 0 Å². The molecule has 6 aromatic rings. The summed E-state index contributed by atoms with van der Waals surface area (Å²) in [7, 11) is 0. The molecule has 0 saturated carbocycles. The Hall–Kier alpha value is -4.51. The Bertz CT molecular complexity index is 1830. The summed E-state index contributed by atoms with van der Waals surface area (Å²) >= 11 is 0. The average Bonchev–Trinajstić information content (AvgIpc) is 3.25. The van der Waals surface area contributed by atoms with E-state index in [1.54, 1.807) is 6.07 Å². The topological polar surface area (TPSA) is 47.6 Å². The highest BCUT2D eigenvalue weighted by molar-refractivity contribution is 6.09. The minimum absolute atomic E-state index is 0.360. The van der Waals surface area contributed by atoms with Crippen molar-refractivity contribution in [2.45, 2.75) is 20.0 Å². The molecule has 0 bridgehead atoms. The van der Waals surface area contributed by atoms with E-state index in [1.807, 2.05) is 42.5 Å². The van der Waals surface area contributed by atoms with Crippen molar-refractivity contribution in [3.8, 4) is 16.9 Å². The van der Waals surface area contributed by atoms with Crippen molar-refractivity contribution in [3.63, 3.8) is 0 Å². The van der Waals surface area contributed by atoms with Gasteiger partial charge in [-0.1, -0.05) is 48.5 Å². The van der Waals surface area contributed by atoms with Crippen LogP contribution in [0.15, 0.2) is 100 Å².